The number of carbonyl (C=O) groups excluding carboxylic acids is 2. The second kappa shape index (κ2) is 9.52. The van der Waals surface area contributed by atoms with Crippen LogP contribution in [0.15, 0.2) is 48.5 Å². The number of hydrogen-bond donors (Lipinski definition) is 2. The second-order valence-corrected chi connectivity index (χ2v) is 7.07. The lowest BCUT2D eigenvalue weighted by atomic mass is 10.2. The molecule has 1 heterocycles. The molecule has 0 bridgehead atoms. The SMILES string of the molecule is O=C(NNC(=O)N1CCCN(Cc2ccc(Cl)cc2)CC1)c1ccc(F)cc1. The van der Waals surface area contributed by atoms with Crippen LogP contribution in [-0.4, -0.2) is 47.9 Å². The Balaban J connectivity index is 1.46. The molecule has 0 unspecified atom stereocenters. The summed E-state index contributed by atoms with van der Waals surface area (Å²) in [4.78, 5) is 28.3. The van der Waals surface area contributed by atoms with E-state index in [0.29, 0.717) is 18.1 Å². The highest BCUT2D eigenvalue weighted by atomic mass is 35.5. The standard InChI is InChI=1S/C20H22ClFN4O2/c21-17-6-2-15(3-7-17)14-25-10-1-11-26(13-12-25)20(28)24-23-19(27)16-4-8-18(22)9-5-16/h2-9H,1,10-14H2,(H,23,27)(H,24,28). The summed E-state index contributed by atoms with van der Waals surface area (Å²) in [5, 5.41) is 0.713. The van der Waals surface area contributed by atoms with E-state index in [9.17, 15) is 14.0 Å². The molecule has 1 saturated heterocycles. The highest BCUT2D eigenvalue weighted by Crippen LogP contribution is 2.13. The summed E-state index contributed by atoms with van der Waals surface area (Å²) >= 11 is 5.92. The molecule has 0 atom stereocenters. The number of halogens is 2. The molecule has 6 nitrogen and oxygen atoms in total. The highest BCUT2D eigenvalue weighted by molar-refractivity contribution is 6.30. The van der Waals surface area contributed by atoms with Crippen LogP contribution in [0, 0.1) is 5.82 Å². The minimum absolute atomic E-state index is 0.270. The maximum absolute atomic E-state index is 12.9. The Bertz CT molecular complexity index is 814. The fraction of sp³-hybridized carbons (Fsp3) is 0.300. The number of urea groups is 1. The Morgan fingerprint density at radius 2 is 1.64 bits per heavy atom. The molecule has 0 radical (unpaired) electrons. The van der Waals surface area contributed by atoms with Crippen LogP contribution in [-0.2, 0) is 6.54 Å². The number of hydrogen-bond acceptors (Lipinski definition) is 3. The number of rotatable bonds is 3. The Labute approximate surface area is 168 Å². The molecule has 0 saturated carbocycles. The summed E-state index contributed by atoms with van der Waals surface area (Å²) in [5.41, 5.74) is 6.23. The van der Waals surface area contributed by atoms with Crippen LogP contribution >= 0.6 is 11.6 Å². The third-order valence-corrected chi connectivity index (χ3v) is 4.84. The van der Waals surface area contributed by atoms with Gasteiger partial charge < -0.3 is 4.90 Å². The maximum atomic E-state index is 12.9. The van der Waals surface area contributed by atoms with Gasteiger partial charge in [0.05, 0.1) is 0 Å². The number of hydrazine groups is 1. The third-order valence-electron chi connectivity index (χ3n) is 4.58. The van der Waals surface area contributed by atoms with Gasteiger partial charge in [0.15, 0.2) is 0 Å². The van der Waals surface area contributed by atoms with Crippen molar-refractivity contribution in [1.29, 1.82) is 0 Å². The van der Waals surface area contributed by atoms with Crippen LogP contribution in [0.5, 0.6) is 0 Å². The molecule has 1 aliphatic rings. The smallest absolute Gasteiger partial charge is 0.322 e. The van der Waals surface area contributed by atoms with Gasteiger partial charge in [0.2, 0.25) is 0 Å². The molecule has 1 fully saturated rings. The lowest BCUT2D eigenvalue weighted by molar-refractivity contribution is 0.0930. The van der Waals surface area contributed by atoms with Gasteiger partial charge in [0, 0.05) is 43.3 Å². The summed E-state index contributed by atoms with van der Waals surface area (Å²) in [5.74, 6) is -0.916. The van der Waals surface area contributed by atoms with Gasteiger partial charge in [-0.1, -0.05) is 23.7 Å². The summed E-state index contributed by atoms with van der Waals surface area (Å²) in [6.45, 7) is 3.59. The molecule has 0 aliphatic carbocycles. The Morgan fingerprint density at radius 1 is 0.929 bits per heavy atom. The van der Waals surface area contributed by atoms with Gasteiger partial charge in [0.25, 0.3) is 5.91 Å². The first kappa shape index (κ1) is 20.1. The number of benzene rings is 2. The van der Waals surface area contributed by atoms with E-state index in [-0.39, 0.29) is 11.6 Å². The van der Waals surface area contributed by atoms with Crippen LogP contribution in [0.25, 0.3) is 0 Å². The zero-order valence-electron chi connectivity index (χ0n) is 15.3. The number of nitrogens with zero attached hydrogens (tertiary/aromatic N) is 2. The zero-order chi connectivity index (χ0) is 19.9. The zero-order valence-corrected chi connectivity index (χ0v) is 16.1. The van der Waals surface area contributed by atoms with Gasteiger partial charge in [0.1, 0.15) is 5.82 Å². The van der Waals surface area contributed by atoms with E-state index in [1.54, 1.807) is 4.90 Å². The van der Waals surface area contributed by atoms with E-state index < -0.39 is 11.7 Å². The van der Waals surface area contributed by atoms with Crippen LogP contribution in [0.1, 0.15) is 22.3 Å². The Morgan fingerprint density at radius 3 is 2.36 bits per heavy atom. The minimum atomic E-state index is -0.493. The lowest BCUT2D eigenvalue weighted by Gasteiger charge is -2.22. The molecule has 2 aromatic carbocycles. The summed E-state index contributed by atoms with van der Waals surface area (Å²) in [6.07, 6.45) is 0.840. The molecule has 2 aromatic rings. The first-order chi connectivity index (χ1) is 13.5. The maximum Gasteiger partial charge on any atom is 0.336 e. The fourth-order valence-electron chi connectivity index (χ4n) is 3.04. The Hall–Kier alpha value is -2.64. The summed E-state index contributed by atoms with van der Waals surface area (Å²) < 4.78 is 12.9. The molecular formula is C20H22ClFN4O2. The minimum Gasteiger partial charge on any atom is -0.322 e. The number of carbonyl (C=O) groups is 2. The quantitative estimate of drug-likeness (QED) is 0.773. The summed E-state index contributed by atoms with van der Waals surface area (Å²) in [6, 6.07) is 12.5. The predicted octanol–water partition coefficient (Wildman–Crippen LogP) is 3.04. The van der Waals surface area contributed by atoms with Crippen LogP contribution in [0.3, 0.4) is 0 Å². The van der Waals surface area contributed by atoms with E-state index in [2.05, 4.69) is 15.8 Å². The van der Waals surface area contributed by atoms with Gasteiger partial charge in [-0.15, -0.1) is 0 Å². The van der Waals surface area contributed by atoms with Crippen molar-refractivity contribution in [3.8, 4) is 0 Å². The van der Waals surface area contributed by atoms with Crippen molar-refractivity contribution in [1.82, 2.24) is 20.7 Å². The molecule has 8 heteroatoms. The molecular weight excluding hydrogens is 383 g/mol. The molecule has 3 amide bonds. The second-order valence-electron chi connectivity index (χ2n) is 6.63. The fourth-order valence-corrected chi connectivity index (χ4v) is 3.17. The van der Waals surface area contributed by atoms with Gasteiger partial charge >= 0.3 is 6.03 Å². The van der Waals surface area contributed by atoms with E-state index >= 15 is 0 Å². The molecule has 0 aromatic heterocycles. The topological polar surface area (TPSA) is 64.7 Å². The average Bonchev–Trinajstić information content (AvgIpc) is 2.94. The van der Waals surface area contributed by atoms with Crippen molar-refractivity contribution in [2.45, 2.75) is 13.0 Å². The average molecular weight is 405 g/mol. The molecule has 28 heavy (non-hydrogen) atoms. The van der Waals surface area contributed by atoms with Crippen molar-refractivity contribution in [2.75, 3.05) is 26.2 Å². The van der Waals surface area contributed by atoms with Crippen molar-refractivity contribution in [2.24, 2.45) is 0 Å². The van der Waals surface area contributed by atoms with E-state index in [1.165, 1.54) is 29.8 Å². The number of amides is 3. The van der Waals surface area contributed by atoms with Gasteiger partial charge in [-0.05, 0) is 48.4 Å². The van der Waals surface area contributed by atoms with Gasteiger partial charge in [-0.3, -0.25) is 15.1 Å². The monoisotopic (exact) mass is 404 g/mol. The molecule has 1 aliphatic heterocycles. The Kier molecular flexibility index (Phi) is 6.84. The number of nitrogens with one attached hydrogen (secondary N) is 2. The molecule has 0 spiro atoms. The highest BCUT2D eigenvalue weighted by Gasteiger charge is 2.19. The van der Waals surface area contributed by atoms with E-state index in [0.717, 1.165) is 26.1 Å². The van der Waals surface area contributed by atoms with Crippen LogP contribution < -0.4 is 10.9 Å². The molecule has 148 valence electrons. The van der Waals surface area contributed by atoms with Crippen molar-refractivity contribution in [3.05, 3.63) is 70.5 Å². The molecule has 2 N–H and O–H groups in total. The van der Waals surface area contributed by atoms with Gasteiger partial charge in [-0.25, -0.2) is 14.6 Å². The van der Waals surface area contributed by atoms with E-state index in [4.69, 9.17) is 11.6 Å². The lowest BCUT2D eigenvalue weighted by Crippen LogP contribution is -2.49. The summed E-state index contributed by atoms with van der Waals surface area (Å²) in [7, 11) is 0. The van der Waals surface area contributed by atoms with Crippen molar-refractivity contribution in [3.63, 3.8) is 0 Å². The van der Waals surface area contributed by atoms with Crippen LogP contribution in [0.2, 0.25) is 5.02 Å². The normalized spacial score (nSPS) is 15.0. The van der Waals surface area contributed by atoms with Gasteiger partial charge in [-0.2, -0.15) is 0 Å². The van der Waals surface area contributed by atoms with Crippen LogP contribution in [0.4, 0.5) is 9.18 Å². The predicted molar refractivity (Wildman–Crippen MR) is 105 cm³/mol. The third kappa shape index (κ3) is 5.68. The first-order valence-corrected chi connectivity index (χ1v) is 9.47. The largest absolute Gasteiger partial charge is 0.336 e. The van der Waals surface area contributed by atoms with Crippen molar-refractivity contribution >= 4 is 23.5 Å². The van der Waals surface area contributed by atoms with E-state index in [1.807, 2.05) is 24.3 Å². The van der Waals surface area contributed by atoms with Crippen molar-refractivity contribution < 1.29 is 14.0 Å². The molecule has 3 rings (SSSR count). The first-order valence-electron chi connectivity index (χ1n) is 9.09.